The van der Waals surface area contributed by atoms with Crippen LogP contribution in [0.3, 0.4) is 0 Å². The highest BCUT2D eigenvalue weighted by atomic mass is 35.5. The summed E-state index contributed by atoms with van der Waals surface area (Å²) < 4.78 is 5.43. The van der Waals surface area contributed by atoms with Crippen LogP contribution >= 0.6 is 11.6 Å². The summed E-state index contributed by atoms with van der Waals surface area (Å²) in [5.41, 5.74) is 0.379. The van der Waals surface area contributed by atoms with Crippen molar-refractivity contribution in [1.82, 2.24) is 20.2 Å². The number of nitrogens with one attached hydrogen (secondary N) is 1. The van der Waals surface area contributed by atoms with Gasteiger partial charge in [-0.15, -0.1) is 0 Å². The Balaban J connectivity index is 1.84. The topological polar surface area (TPSA) is 67.3 Å². The lowest BCUT2D eigenvalue weighted by Gasteiger charge is -2.34. The van der Waals surface area contributed by atoms with E-state index in [2.05, 4.69) is 15.3 Å². The van der Waals surface area contributed by atoms with Gasteiger partial charge in [-0.1, -0.05) is 0 Å². The lowest BCUT2D eigenvalue weighted by Crippen LogP contribution is -2.49. The van der Waals surface area contributed by atoms with Gasteiger partial charge in [0.15, 0.2) is 0 Å². The van der Waals surface area contributed by atoms with E-state index in [1.807, 2.05) is 26.8 Å². The minimum atomic E-state index is -0.463. The molecule has 6 nitrogen and oxygen atoms in total. The van der Waals surface area contributed by atoms with Crippen molar-refractivity contribution in [2.24, 2.45) is 0 Å². The molecule has 2 rings (SSSR count). The van der Waals surface area contributed by atoms with Crippen LogP contribution in [0.25, 0.3) is 0 Å². The van der Waals surface area contributed by atoms with Gasteiger partial charge in [0.25, 0.3) is 0 Å². The van der Waals surface area contributed by atoms with Crippen molar-refractivity contribution in [3.05, 3.63) is 23.2 Å². The molecule has 1 atom stereocenters. The predicted molar refractivity (Wildman–Crippen MR) is 84.7 cm³/mol. The summed E-state index contributed by atoms with van der Waals surface area (Å²) >= 11 is 5.77. The number of piperidine rings is 1. The molecule has 1 aliphatic heterocycles. The number of carbonyl (C=O) groups is 1. The number of hydrogen-bond acceptors (Lipinski definition) is 5. The number of rotatable bonds is 3. The maximum absolute atomic E-state index is 12.1. The Morgan fingerprint density at radius 3 is 3.00 bits per heavy atom. The third kappa shape index (κ3) is 5.42. The normalized spacial score (nSPS) is 19.1. The first-order valence-electron chi connectivity index (χ1n) is 7.52. The molecule has 0 unspecified atom stereocenters. The standard InChI is InChI=1S/C15H23ClN4O2/c1-15(2,3)22-14(21)20-8-4-5-12(10-20)18-9-11-6-7-17-13(16)19-11/h6-7,12,18H,4-5,8-10H2,1-3H3/t12-/m0/s1. The van der Waals surface area contributed by atoms with Crippen LogP contribution in [0.4, 0.5) is 4.79 Å². The SMILES string of the molecule is CC(C)(C)OC(=O)N1CCC[C@H](NCc2ccnc(Cl)n2)C1. The lowest BCUT2D eigenvalue weighted by atomic mass is 10.1. The fraction of sp³-hybridized carbons (Fsp3) is 0.667. The zero-order chi connectivity index (χ0) is 16.2. The Kier molecular flexibility index (Phi) is 5.58. The molecule has 0 saturated carbocycles. The number of carbonyl (C=O) groups excluding carboxylic acids is 1. The number of hydrogen-bond donors (Lipinski definition) is 1. The van der Waals surface area contributed by atoms with Gasteiger partial charge >= 0.3 is 6.09 Å². The van der Waals surface area contributed by atoms with Crippen molar-refractivity contribution in [2.75, 3.05) is 13.1 Å². The minimum Gasteiger partial charge on any atom is -0.444 e. The van der Waals surface area contributed by atoms with Gasteiger partial charge in [0.05, 0.1) is 5.69 Å². The number of halogens is 1. The van der Waals surface area contributed by atoms with E-state index in [4.69, 9.17) is 16.3 Å². The number of ether oxygens (including phenoxy) is 1. The molecule has 1 aromatic rings. The summed E-state index contributed by atoms with van der Waals surface area (Å²) in [6.45, 7) is 7.63. The highest BCUT2D eigenvalue weighted by molar-refractivity contribution is 6.28. The molecule has 1 aromatic heterocycles. The van der Waals surface area contributed by atoms with Gasteiger partial charge in [-0.3, -0.25) is 0 Å². The molecule has 0 aliphatic carbocycles. The second-order valence-electron chi connectivity index (χ2n) is 6.46. The van der Waals surface area contributed by atoms with E-state index in [-0.39, 0.29) is 17.4 Å². The van der Waals surface area contributed by atoms with Crippen molar-refractivity contribution in [1.29, 1.82) is 0 Å². The molecule has 22 heavy (non-hydrogen) atoms. The molecular weight excluding hydrogens is 304 g/mol. The molecule has 2 heterocycles. The largest absolute Gasteiger partial charge is 0.444 e. The van der Waals surface area contributed by atoms with Gasteiger partial charge in [-0.05, 0) is 51.3 Å². The van der Waals surface area contributed by atoms with Crippen LogP contribution in [0.15, 0.2) is 12.3 Å². The zero-order valence-electron chi connectivity index (χ0n) is 13.3. The summed E-state index contributed by atoms with van der Waals surface area (Å²) in [7, 11) is 0. The van der Waals surface area contributed by atoms with E-state index in [1.54, 1.807) is 11.1 Å². The van der Waals surface area contributed by atoms with Crippen LogP contribution < -0.4 is 5.32 Å². The van der Waals surface area contributed by atoms with E-state index >= 15 is 0 Å². The Morgan fingerprint density at radius 2 is 2.32 bits per heavy atom. The third-order valence-corrected chi connectivity index (χ3v) is 3.51. The average Bonchev–Trinajstić information content (AvgIpc) is 2.44. The van der Waals surface area contributed by atoms with Gasteiger partial charge in [-0.25, -0.2) is 14.8 Å². The number of likely N-dealkylation sites (tertiary alicyclic amines) is 1. The fourth-order valence-electron chi connectivity index (χ4n) is 2.35. The third-order valence-electron chi connectivity index (χ3n) is 3.33. The van der Waals surface area contributed by atoms with Crippen molar-refractivity contribution in [2.45, 2.75) is 51.8 Å². The van der Waals surface area contributed by atoms with Crippen LogP contribution in [0, 0.1) is 0 Å². The van der Waals surface area contributed by atoms with Crippen LogP contribution in [-0.4, -0.2) is 45.7 Å². The maximum atomic E-state index is 12.1. The molecule has 7 heteroatoms. The first-order chi connectivity index (χ1) is 10.3. The molecule has 0 bridgehead atoms. The lowest BCUT2D eigenvalue weighted by molar-refractivity contribution is 0.0187. The van der Waals surface area contributed by atoms with Crippen LogP contribution in [0.1, 0.15) is 39.3 Å². The van der Waals surface area contributed by atoms with Crippen LogP contribution in [-0.2, 0) is 11.3 Å². The molecule has 1 amide bonds. The second-order valence-corrected chi connectivity index (χ2v) is 6.80. The first-order valence-corrected chi connectivity index (χ1v) is 7.90. The quantitative estimate of drug-likeness (QED) is 0.865. The smallest absolute Gasteiger partial charge is 0.410 e. The van der Waals surface area contributed by atoms with Gasteiger partial charge in [0.1, 0.15) is 5.60 Å². The summed E-state index contributed by atoms with van der Waals surface area (Å²) in [5.74, 6) is 0. The Labute approximate surface area is 136 Å². The number of nitrogens with zero attached hydrogens (tertiary/aromatic N) is 3. The highest BCUT2D eigenvalue weighted by Crippen LogP contribution is 2.15. The molecule has 1 fully saturated rings. The van der Waals surface area contributed by atoms with Gasteiger partial charge in [-0.2, -0.15) is 0 Å². The summed E-state index contributed by atoms with van der Waals surface area (Å²) in [6, 6.07) is 2.06. The Hall–Kier alpha value is -1.40. The summed E-state index contributed by atoms with van der Waals surface area (Å²) in [6.07, 6.45) is 3.38. The predicted octanol–water partition coefficient (Wildman–Crippen LogP) is 2.62. The average molecular weight is 327 g/mol. The zero-order valence-corrected chi connectivity index (χ0v) is 14.1. The number of aromatic nitrogens is 2. The van der Waals surface area contributed by atoms with E-state index in [1.165, 1.54) is 0 Å². The highest BCUT2D eigenvalue weighted by Gasteiger charge is 2.27. The molecule has 122 valence electrons. The van der Waals surface area contributed by atoms with E-state index < -0.39 is 5.60 Å². The molecular formula is C15H23ClN4O2. The van der Waals surface area contributed by atoms with E-state index in [0.29, 0.717) is 13.1 Å². The van der Waals surface area contributed by atoms with Gasteiger partial charge < -0.3 is 15.0 Å². The molecule has 0 spiro atoms. The summed E-state index contributed by atoms with van der Waals surface area (Å²) in [5, 5.41) is 3.66. The van der Waals surface area contributed by atoms with Crippen molar-refractivity contribution >= 4 is 17.7 Å². The van der Waals surface area contributed by atoms with E-state index in [0.717, 1.165) is 25.1 Å². The fourth-order valence-corrected chi connectivity index (χ4v) is 2.52. The molecule has 0 radical (unpaired) electrons. The van der Waals surface area contributed by atoms with Crippen molar-refractivity contribution < 1.29 is 9.53 Å². The van der Waals surface area contributed by atoms with Crippen LogP contribution in [0.5, 0.6) is 0 Å². The monoisotopic (exact) mass is 326 g/mol. The van der Waals surface area contributed by atoms with Crippen molar-refractivity contribution in [3.8, 4) is 0 Å². The molecule has 1 N–H and O–H groups in total. The van der Waals surface area contributed by atoms with Gasteiger partial charge in [0, 0.05) is 31.9 Å². The first kappa shape index (κ1) is 17.0. The van der Waals surface area contributed by atoms with Crippen molar-refractivity contribution in [3.63, 3.8) is 0 Å². The van der Waals surface area contributed by atoms with Crippen LogP contribution in [0.2, 0.25) is 5.28 Å². The van der Waals surface area contributed by atoms with E-state index in [9.17, 15) is 4.79 Å². The molecule has 1 saturated heterocycles. The molecule has 0 aromatic carbocycles. The maximum Gasteiger partial charge on any atom is 0.410 e. The van der Waals surface area contributed by atoms with Gasteiger partial charge in [0.2, 0.25) is 5.28 Å². The minimum absolute atomic E-state index is 0.231. The number of amides is 1. The summed E-state index contributed by atoms with van der Waals surface area (Å²) in [4.78, 5) is 21.9. The molecule has 1 aliphatic rings. The Morgan fingerprint density at radius 1 is 1.55 bits per heavy atom. The second kappa shape index (κ2) is 7.24. The Bertz CT molecular complexity index is 519.